The van der Waals surface area contributed by atoms with Crippen molar-refractivity contribution < 1.29 is 14.3 Å². The molecule has 2 fully saturated rings. The van der Waals surface area contributed by atoms with Crippen LogP contribution < -0.4 is 10.1 Å². The average Bonchev–Trinajstić information content (AvgIpc) is 2.92. The Morgan fingerprint density at radius 3 is 2.38 bits per heavy atom. The van der Waals surface area contributed by atoms with Crippen molar-refractivity contribution in [2.24, 2.45) is 0 Å². The van der Waals surface area contributed by atoms with E-state index in [2.05, 4.69) is 43.4 Å². The lowest BCUT2D eigenvalue weighted by atomic mass is 9.83. The summed E-state index contributed by atoms with van der Waals surface area (Å²) in [6.07, 6.45) is 3.68. The predicted molar refractivity (Wildman–Crippen MR) is 132 cm³/mol. The van der Waals surface area contributed by atoms with Gasteiger partial charge in [-0.25, -0.2) is 4.79 Å². The van der Waals surface area contributed by atoms with Crippen molar-refractivity contribution >= 4 is 11.9 Å². The van der Waals surface area contributed by atoms with Gasteiger partial charge in [0.25, 0.3) is 5.91 Å². The highest BCUT2D eigenvalue weighted by atomic mass is 16.5. The number of ether oxygens (including phenoxy) is 1. The summed E-state index contributed by atoms with van der Waals surface area (Å²) in [5, 5.41) is 3.30. The molecule has 6 nitrogen and oxygen atoms in total. The zero-order valence-corrected chi connectivity index (χ0v) is 20.7. The van der Waals surface area contributed by atoms with Crippen LogP contribution in [0.1, 0.15) is 63.9 Å². The molecular weight excluding hydrogens is 426 g/mol. The van der Waals surface area contributed by atoms with E-state index in [0.29, 0.717) is 32.5 Å². The van der Waals surface area contributed by atoms with Crippen LogP contribution in [-0.2, 0) is 6.54 Å². The lowest BCUT2D eigenvalue weighted by molar-refractivity contribution is 0.0677. The van der Waals surface area contributed by atoms with E-state index in [4.69, 9.17) is 4.74 Å². The minimum Gasteiger partial charge on any atom is -0.497 e. The molecule has 0 bridgehead atoms. The Balaban J connectivity index is 1.41. The molecule has 1 unspecified atom stereocenters. The van der Waals surface area contributed by atoms with E-state index in [1.54, 1.807) is 7.11 Å². The third-order valence-corrected chi connectivity index (χ3v) is 7.62. The number of amides is 3. The van der Waals surface area contributed by atoms with Gasteiger partial charge in [-0.1, -0.05) is 30.2 Å². The van der Waals surface area contributed by atoms with Crippen LogP contribution >= 0.6 is 0 Å². The molecule has 2 aromatic rings. The zero-order chi connectivity index (χ0) is 24.2. The molecule has 0 saturated carbocycles. The second-order valence-electron chi connectivity index (χ2n) is 10.1. The molecule has 2 saturated heterocycles. The minimum atomic E-state index is -0.426. The van der Waals surface area contributed by atoms with Gasteiger partial charge in [-0.2, -0.15) is 0 Å². The normalized spacial score (nSPS) is 20.9. The van der Waals surface area contributed by atoms with E-state index in [-0.39, 0.29) is 17.9 Å². The molecule has 0 aliphatic carbocycles. The SMILES string of the molecule is COc1cc(C)c2c(c1)CN1C(=O)NC3(CCN(C(=O)c4cc(C)cc(C)c4)CC3)C1=CC2C. The summed E-state index contributed by atoms with van der Waals surface area (Å²) in [5.74, 6) is 1.07. The van der Waals surface area contributed by atoms with Gasteiger partial charge < -0.3 is 15.0 Å². The first-order chi connectivity index (χ1) is 16.2. The summed E-state index contributed by atoms with van der Waals surface area (Å²) in [4.78, 5) is 30.2. The van der Waals surface area contributed by atoms with E-state index in [1.165, 1.54) is 11.1 Å². The molecule has 3 aliphatic rings. The lowest BCUT2D eigenvalue weighted by Gasteiger charge is -2.40. The second kappa shape index (κ2) is 8.19. The van der Waals surface area contributed by atoms with Crippen molar-refractivity contribution in [1.29, 1.82) is 0 Å². The van der Waals surface area contributed by atoms with Gasteiger partial charge in [0.15, 0.2) is 0 Å². The quantitative estimate of drug-likeness (QED) is 0.700. The largest absolute Gasteiger partial charge is 0.497 e. The number of nitrogens with zero attached hydrogens (tertiary/aromatic N) is 2. The number of fused-ring (bicyclic) bond motifs is 3. The topological polar surface area (TPSA) is 61.9 Å². The Hall–Kier alpha value is -3.28. The van der Waals surface area contributed by atoms with Crippen molar-refractivity contribution in [3.63, 3.8) is 0 Å². The van der Waals surface area contributed by atoms with E-state index in [9.17, 15) is 9.59 Å². The van der Waals surface area contributed by atoms with Crippen LogP contribution in [0.2, 0.25) is 0 Å². The maximum atomic E-state index is 13.2. The van der Waals surface area contributed by atoms with Gasteiger partial charge >= 0.3 is 6.03 Å². The molecule has 5 rings (SSSR count). The monoisotopic (exact) mass is 459 g/mol. The number of hydrogen-bond donors (Lipinski definition) is 1. The molecule has 3 aliphatic heterocycles. The first kappa shape index (κ1) is 22.5. The van der Waals surface area contributed by atoms with Gasteiger partial charge in [0, 0.05) is 30.3 Å². The smallest absolute Gasteiger partial charge is 0.322 e. The van der Waals surface area contributed by atoms with Crippen LogP contribution in [0.3, 0.4) is 0 Å². The molecule has 2 aromatic carbocycles. The average molecular weight is 460 g/mol. The zero-order valence-electron chi connectivity index (χ0n) is 20.7. The first-order valence-electron chi connectivity index (χ1n) is 12.1. The van der Waals surface area contributed by atoms with Crippen molar-refractivity contribution in [2.45, 2.75) is 58.5 Å². The molecule has 1 N–H and O–H groups in total. The van der Waals surface area contributed by atoms with Gasteiger partial charge in [-0.15, -0.1) is 0 Å². The Kier molecular flexibility index (Phi) is 5.42. The molecular formula is C28H33N3O3. The molecule has 3 amide bonds. The van der Waals surface area contributed by atoms with Gasteiger partial charge in [0.05, 0.1) is 19.2 Å². The number of hydrogen-bond acceptors (Lipinski definition) is 3. The number of carbonyl (C=O) groups is 2. The lowest BCUT2D eigenvalue weighted by Crippen LogP contribution is -2.53. The number of benzene rings is 2. The minimum absolute atomic E-state index is 0.0548. The number of carbonyl (C=O) groups excluding carboxylic acids is 2. The first-order valence-corrected chi connectivity index (χ1v) is 12.1. The van der Waals surface area contributed by atoms with Crippen molar-refractivity contribution in [3.05, 3.63) is 75.5 Å². The molecule has 6 heteroatoms. The molecule has 34 heavy (non-hydrogen) atoms. The third kappa shape index (κ3) is 3.65. The Morgan fingerprint density at radius 2 is 1.74 bits per heavy atom. The summed E-state index contributed by atoms with van der Waals surface area (Å²) in [6, 6.07) is 10.1. The summed E-state index contributed by atoms with van der Waals surface area (Å²) in [5.41, 5.74) is 7.15. The number of urea groups is 1. The van der Waals surface area contributed by atoms with Gasteiger partial charge in [0.1, 0.15) is 5.75 Å². The summed E-state index contributed by atoms with van der Waals surface area (Å²) in [7, 11) is 1.68. The second-order valence-corrected chi connectivity index (χ2v) is 10.1. The van der Waals surface area contributed by atoms with E-state index < -0.39 is 5.54 Å². The molecule has 178 valence electrons. The standard InChI is InChI=1S/C28H33N3O3/c1-17-10-18(2)12-21(11-17)26(32)30-8-6-28(7-9-30)24-14-20(4)25-19(3)13-23(34-5)15-22(25)16-31(24)27(33)29-28/h10-15,20H,6-9,16H2,1-5H3,(H,29,33). The number of methoxy groups -OCH3 is 1. The number of aryl methyl sites for hydroxylation is 3. The summed E-state index contributed by atoms with van der Waals surface area (Å²) in [6.45, 7) is 10.1. The maximum absolute atomic E-state index is 13.2. The fraction of sp³-hybridized carbons (Fsp3) is 0.429. The third-order valence-electron chi connectivity index (χ3n) is 7.62. The highest BCUT2D eigenvalue weighted by molar-refractivity contribution is 5.95. The predicted octanol–water partition coefficient (Wildman–Crippen LogP) is 4.82. The number of allylic oxidation sites excluding steroid dienone is 1. The Bertz CT molecular complexity index is 1190. The highest BCUT2D eigenvalue weighted by Gasteiger charge is 2.50. The number of piperidine rings is 1. The van der Waals surface area contributed by atoms with Crippen LogP contribution in [0, 0.1) is 20.8 Å². The highest BCUT2D eigenvalue weighted by Crippen LogP contribution is 2.43. The van der Waals surface area contributed by atoms with E-state index in [0.717, 1.165) is 33.7 Å². The Morgan fingerprint density at radius 1 is 1.06 bits per heavy atom. The fourth-order valence-corrected chi connectivity index (χ4v) is 6.09. The number of rotatable bonds is 2. The fourth-order valence-electron chi connectivity index (χ4n) is 6.09. The van der Waals surface area contributed by atoms with E-state index >= 15 is 0 Å². The maximum Gasteiger partial charge on any atom is 0.322 e. The molecule has 1 spiro atoms. The van der Waals surface area contributed by atoms with Gasteiger partial charge in [-0.05, 0) is 74.6 Å². The summed E-state index contributed by atoms with van der Waals surface area (Å²) >= 11 is 0. The Labute approximate surface area is 201 Å². The van der Waals surface area contributed by atoms with Gasteiger partial charge in [0.2, 0.25) is 0 Å². The van der Waals surface area contributed by atoms with Gasteiger partial charge in [-0.3, -0.25) is 9.69 Å². The van der Waals surface area contributed by atoms with Crippen LogP contribution in [-0.4, -0.2) is 47.5 Å². The van der Waals surface area contributed by atoms with Crippen LogP contribution in [0.4, 0.5) is 4.79 Å². The van der Waals surface area contributed by atoms with Crippen molar-refractivity contribution in [2.75, 3.05) is 20.2 Å². The van der Waals surface area contributed by atoms with Crippen LogP contribution in [0.15, 0.2) is 42.1 Å². The molecule has 3 heterocycles. The van der Waals surface area contributed by atoms with E-state index in [1.807, 2.05) is 35.8 Å². The molecule has 1 atom stereocenters. The van der Waals surface area contributed by atoms with Crippen molar-refractivity contribution in [1.82, 2.24) is 15.1 Å². The van der Waals surface area contributed by atoms with Crippen LogP contribution in [0.25, 0.3) is 0 Å². The summed E-state index contributed by atoms with van der Waals surface area (Å²) < 4.78 is 5.50. The molecule has 0 radical (unpaired) electrons. The molecule has 0 aromatic heterocycles. The number of likely N-dealkylation sites (tertiary alicyclic amines) is 1. The van der Waals surface area contributed by atoms with Crippen LogP contribution in [0.5, 0.6) is 5.75 Å². The number of nitrogens with one attached hydrogen (secondary N) is 1. The van der Waals surface area contributed by atoms with Crippen molar-refractivity contribution in [3.8, 4) is 5.75 Å².